The highest BCUT2D eigenvalue weighted by Gasteiger charge is 2.16. The van der Waals surface area contributed by atoms with E-state index in [2.05, 4.69) is 9.80 Å². The first-order valence-corrected chi connectivity index (χ1v) is 12.1. The van der Waals surface area contributed by atoms with E-state index in [1.807, 2.05) is 0 Å². The fourth-order valence-corrected chi connectivity index (χ4v) is 3.95. The van der Waals surface area contributed by atoms with E-state index < -0.39 is 9.84 Å². The van der Waals surface area contributed by atoms with Crippen LogP contribution in [-0.2, 0) is 9.84 Å². The van der Waals surface area contributed by atoms with E-state index >= 15 is 0 Å². The average molecular weight is 437 g/mol. The van der Waals surface area contributed by atoms with Crippen LogP contribution in [0.2, 0.25) is 0 Å². The fourth-order valence-electron chi connectivity index (χ4n) is 3.32. The van der Waals surface area contributed by atoms with Gasteiger partial charge >= 0.3 is 0 Å². The first-order chi connectivity index (χ1) is 14.4. The number of hydrogen-bond acceptors (Lipinski definition) is 6. The number of nitrogens with zero attached hydrogens (tertiary/aromatic N) is 2. The van der Waals surface area contributed by atoms with Crippen LogP contribution in [0.25, 0.3) is 0 Å². The largest absolute Gasteiger partial charge is 0.494 e. The van der Waals surface area contributed by atoms with Crippen molar-refractivity contribution in [2.24, 2.45) is 0 Å². The predicted molar refractivity (Wildman–Crippen MR) is 114 cm³/mol. The maximum atomic E-state index is 12.9. The quantitative estimate of drug-likeness (QED) is 0.534. The number of halogens is 1. The summed E-state index contributed by atoms with van der Waals surface area (Å²) in [6.07, 6.45) is 2.11. The molecular formula is C22H29FN2O4S. The van der Waals surface area contributed by atoms with Crippen molar-refractivity contribution in [1.82, 2.24) is 9.80 Å². The second-order valence-corrected chi connectivity index (χ2v) is 9.45. The molecule has 164 valence electrons. The molecule has 0 amide bonds. The van der Waals surface area contributed by atoms with E-state index in [-0.39, 0.29) is 5.82 Å². The fraction of sp³-hybridized carbons (Fsp3) is 0.455. The zero-order chi connectivity index (χ0) is 21.4. The molecule has 2 aromatic carbocycles. The minimum Gasteiger partial charge on any atom is -0.494 e. The van der Waals surface area contributed by atoms with Gasteiger partial charge in [-0.15, -0.1) is 0 Å². The van der Waals surface area contributed by atoms with E-state index in [4.69, 9.17) is 9.47 Å². The third-order valence-corrected chi connectivity index (χ3v) is 6.22. The normalized spacial score (nSPS) is 15.8. The van der Waals surface area contributed by atoms with Crippen LogP contribution in [0.1, 0.15) is 6.42 Å². The second-order valence-electron chi connectivity index (χ2n) is 7.43. The molecule has 1 fully saturated rings. The van der Waals surface area contributed by atoms with Crippen molar-refractivity contribution in [3.8, 4) is 11.5 Å². The van der Waals surface area contributed by atoms with Gasteiger partial charge < -0.3 is 14.4 Å². The Kier molecular flexibility index (Phi) is 8.07. The molecule has 6 nitrogen and oxygen atoms in total. The van der Waals surface area contributed by atoms with Crippen molar-refractivity contribution in [3.63, 3.8) is 0 Å². The van der Waals surface area contributed by atoms with E-state index in [1.165, 1.54) is 18.4 Å². The molecule has 30 heavy (non-hydrogen) atoms. The van der Waals surface area contributed by atoms with E-state index in [0.717, 1.165) is 45.7 Å². The Hall–Kier alpha value is -2.16. The summed E-state index contributed by atoms with van der Waals surface area (Å²) in [6.45, 7) is 7.06. The number of sulfone groups is 1. The van der Waals surface area contributed by atoms with Gasteiger partial charge in [0.25, 0.3) is 0 Å². The Morgan fingerprint density at radius 2 is 1.30 bits per heavy atom. The molecule has 8 heteroatoms. The van der Waals surface area contributed by atoms with Crippen molar-refractivity contribution in [3.05, 3.63) is 54.3 Å². The summed E-state index contributed by atoms with van der Waals surface area (Å²) in [5, 5.41) is 0. The Labute approximate surface area is 178 Å². The average Bonchev–Trinajstić information content (AvgIpc) is 2.73. The maximum Gasteiger partial charge on any atom is 0.175 e. The molecule has 0 bridgehead atoms. The lowest BCUT2D eigenvalue weighted by molar-refractivity contribution is 0.112. The summed E-state index contributed by atoms with van der Waals surface area (Å²) in [5.41, 5.74) is 0. The van der Waals surface area contributed by atoms with E-state index in [9.17, 15) is 12.8 Å². The molecule has 0 atom stereocenters. The highest BCUT2D eigenvalue weighted by Crippen LogP contribution is 2.16. The molecule has 1 heterocycles. The number of rotatable bonds is 10. The highest BCUT2D eigenvalue weighted by molar-refractivity contribution is 7.90. The molecule has 1 saturated heterocycles. The zero-order valence-electron chi connectivity index (χ0n) is 17.3. The molecule has 1 aliphatic rings. The SMILES string of the molecule is CS(=O)(=O)c1ccc(OCCCN2CCN(CCOc3ccc(F)cc3)CC2)cc1. The molecule has 3 rings (SSSR count). The molecular weight excluding hydrogens is 407 g/mol. The topological polar surface area (TPSA) is 59.1 Å². The Morgan fingerprint density at radius 3 is 1.87 bits per heavy atom. The van der Waals surface area contributed by atoms with Crippen molar-refractivity contribution in [1.29, 1.82) is 0 Å². The molecule has 0 aliphatic carbocycles. The lowest BCUT2D eigenvalue weighted by Crippen LogP contribution is -2.47. The predicted octanol–water partition coefficient (Wildman–Crippen LogP) is 2.69. The van der Waals surface area contributed by atoms with Gasteiger partial charge in [0.05, 0.1) is 11.5 Å². The van der Waals surface area contributed by atoms with Gasteiger partial charge in [-0.1, -0.05) is 0 Å². The summed E-state index contributed by atoms with van der Waals surface area (Å²) >= 11 is 0. The van der Waals surface area contributed by atoms with Gasteiger partial charge in [-0.25, -0.2) is 12.8 Å². The van der Waals surface area contributed by atoms with Crippen LogP contribution >= 0.6 is 0 Å². The molecule has 0 N–H and O–H groups in total. The van der Waals surface area contributed by atoms with Crippen molar-refractivity contribution in [2.45, 2.75) is 11.3 Å². The minimum absolute atomic E-state index is 0.256. The Bertz CT molecular complexity index is 880. The second kappa shape index (κ2) is 10.7. The monoisotopic (exact) mass is 436 g/mol. The smallest absolute Gasteiger partial charge is 0.175 e. The van der Waals surface area contributed by atoms with Crippen molar-refractivity contribution in [2.75, 3.05) is 58.7 Å². The van der Waals surface area contributed by atoms with Gasteiger partial charge in [0.2, 0.25) is 0 Å². The van der Waals surface area contributed by atoms with E-state index in [1.54, 1.807) is 36.4 Å². The summed E-state index contributed by atoms with van der Waals surface area (Å²) < 4.78 is 47.2. The highest BCUT2D eigenvalue weighted by atomic mass is 32.2. The van der Waals surface area contributed by atoms with Crippen LogP contribution in [-0.4, -0.2) is 77.0 Å². The van der Waals surface area contributed by atoms with Crippen LogP contribution in [0.5, 0.6) is 11.5 Å². The zero-order valence-corrected chi connectivity index (χ0v) is 18.1. The number of benzene rings is 2. The molecule has 0 aromatic heterocycles. The first-order valence-electron chi connectivity index (χ1n) is 10.2. The standard InChI is InChI=1S/C22H29FN2O4S/c1-30(26,27)22-9-7-21(8-10-22)28-17-2-11-24-12-14-25(15-13-24)16-18-29-20-5-3-19(23)4-6-20/h3-10H,2,11-18H2,1H3. The van der Waals surface area contributed by atoms with E-state index in [0.29, 0.717) is 29.6 Å². The van der Waals surface area contributed by atoms with Crippen molar-refractivity contribution >= 4 is 9.84 Å². The lowest BCUT2D eigenvalue weighted by Gasteiger charge is -2.34. The van der Waals surface area contributed by atoms with Crippen LogP contribution < -0.4 is 9.47 Å². The van der Waals surface area contributed by atoms with Crippen LogP contribution in [0.15, 0.2) is 53.4 Å². The van der Waals surface area contributed by atoms with Gasteiger partial charge in [-0.05, 0) is 55.0 Å². The molecule has 1 aliphatic heterocycles. The van der Waals surface area contributed by atoms with Crippen LogP contribution in [0, 0.1) is 5.82 Å². The number of ether oxygens (including phenoxy) is 2. The van der Waals surface area contributed by atoms with Crippen molar-refractivity contribution < 1.29 is 22.3 Å². The summed E-state index contributed by atoms with van der Waals surface area (Å²) in [4.78, 5) is 5.10. The number of hydrogen-bond donors (Lipinski definition) is 0. The van der Waals surface area contributed by atoms with Crippen LogP contribution in [0.3, 0.4) is 0 Å². The van der Waals surface area contributed by atoms with Gasteiger partial charge in [0, 0.05) is 45.5 Å². The molecule has 0 unspecified atom stereocenters. The first kappa shape index (κ1) is 22.5. The molecule has 0 saturated carbocycles. The van der Waals surface area contributed by atoms with Crippen LogP contribution in [0.4, 0.5) is 4.39 Å². The molecule has 0 spiro atoms. The van der Waals surface area contributed by atoms with Gasteiger partial charge in [-0.3, -0.25) is 4.90 Å². The van der Waals surface area contributed by atoms with Gasteiger partial charge in [-0.2, -0.15) is 0 Å². The maximum absolute atomic E-state index is 12.9. The summed E-state index contributed by atoms with van der Waals surface area (Å²) in [7, 11) is -3.17. The van der Waals surface area contributed by atoms with Gasteiger partial charge in [0.1, 0.15) is 23.9 Å². The number of piperazine rings is 1. The molecule has 2 aromatic rings. The summed E-state index contributed by atoms with van der Waals surface area (Å²) in [6, 6.07) is 12.6. The third kappa shape index (κ3) is 7.27. The summed E-state index contributed by atoms with van der Waals surface area (Å²) in [5.74, 6) is 1.13. The third-order valence-electron chi connectivity index (χ3n) is 5.09. The Morgan fingerprint density at radius 1 is 0.800 bits per heavy atom. The molecule has 0 radical (unpaired) electrons. The Balaban J connectivity index is 1.26. The minimum atomic E-state index is -3.17. The lowest BCUT2D eigenvalue weighted by atomic mass is 10.3. The van der Waals surface area contributed by atoms with Gasteiger partial charge in [0.15, 0.2) is 9.84 Å².